The first kappa shape index (κ1) is 32.5. The summed E-state index contributed by atoms with van der Waals surface area (Å²) in [4.78, 5) is 59.9. The van der Waals surface area contributed by atoms with Crippen molar-refractivity contribution in [3.63, 3.8) is 0 Å². The molecule has 2 aliphatic rings. The molecule has 1 aromatic carbocycles. The maximum absolute atomic E-state index is 12.8. The van der Waals surface area contributed by atoms with Gasteiger partial charge in [0.05, 0.1) is 6.42 Å². The zero-order valence-electron chi connectivity index (χ0n) is 21.9. The van der Waals surface area contributed by atoms with Gasteiger partial charge in [-0.2, -0.15) is 13.2 Å². The highest BCUT2D eigenvalue weighted by atomic mass is 19.4. The van der Waals surface area contributed by atoms with E-state index in [9.17, 15) is 37.5 Å². The van der Waals surface area contributed by atoms with Crippen LogP contribution in [0.15, 0.2) is 30.3 Å². The largest absolute Gasteiger partial charge is 0.490 e. The molecule has 3 rings (SSSR count). The Morgan fingerprint density at radius 1 is 1.02 bits per heavy atom. The average molecular weight is 573 g/mol. The van der Waals surface area contributed by atoms with E-state index in [0.717, 1.165) is 38.8 Å². The molecular formula is C26H35F3N4O7. The molecule has 3 amide bonds. The number of carboxylic acid groups (broad SMARTS) is 2. The van der Waals surface area contributed by atoms with Crippen molar-refractivity contribution in [1.29, 1.82) is 0 Å². The second-order valence-corrected chi connectivity index (χ2v) is 9.71. The van der Waals surface area contributed by atoms with E-state index in [-0.39, 0.29) is 11.9 Å². The van der Waals surface area contributed by atoms with Gasteiger partial charge in [0.1, 0.15) is 6.04 Å². The van der Waals surface area contributed by atoms with Crippen LogP contribution < -0.4 is 16.0 Å². The van der Waals surface area contributed by atoms with Crippen molar-refractivity contribution in [1.82, 2.24) is 20.9 Å². The molecule has 40 heavy (non-hydrogen) atoms. The number of amides is 3. The third-order valence-corrected chi connectivity index (χ3v) is 6.62. The lowest BCUT2D eigenvalue weighted by Gasteiger charge is -2.34. The molecule has 2 heterocycles. The van der Waals surface area contributed by atoms with Gasteiger partial charge in [0.25, 0.3) is 5.91 Å². The lowest BCUT2D eigenvalue weighted by Crippen LogP contribution is -2.55. The first-order chi connectivity index (χ1) is 18.9. The number of nitrogens with zero attached hydrogens (tertiary/aromatic N) is 1. The number of halogens is 3. The van der Waals surface area contributed by atoms with E-state index >= 15 is 0 Å². The van der Waals surface area contributed by atoms with Crippen LogP contribution in [0.25, 0.3) is 0 Å². The Hall–Kier alpha value is -3.68. The smallest absolute Gasteiger partial charge is 0.481 e. The van der Waals surface area contributed by atoms with Gasteiger partial charge in [0.15, 0.2) is 0 Å². The highest BCUT2D eigenvalue weighted by molar-refractivity contribution is 5.98. The van der Waals surface area contributed by atoms with Gasteiger partial charge in [-0.15, -0.1) is 0 Å². The Morgan fingerprint density at radius 3 is 2.23 bits per heavy atom. The van der Waals surface area contributed by atoms with Crippen molar-refractivity contribution in [2.24, 2.45) is 5.92 Å². The van der Waals surface area contributed by atoms with Gasteiger partial charge in [-0.1, -0.05) is 18.2 Å². The zero-order valence-corrected chi connectivity index (χ0v) is 21.9. The third-order valence-electron chi connectivity index (χ3n) is 6.62. The normalized spacial score (nSPS) is 18.5. The number of carboxylic acids is 2. The predicted molar refractivity (Wildman–Crippen MR) is 136 cm³/mol. The van der Waals surface area contributed by atoms with Crippen molar-refractivity contribution < 1.29 is 47.4 Å². The lowest BCUT2D eigenvalue weighted by atomic mass is 9.92. The Morgan fingerprint density at radius 2 is 1.65 bits per heavy atom. The Bertz CT molecular complexity index is 1020. The highest BCUT2D eigenvalue weighted by Gasteiger charge is 2.38. The van der Waals surface area contributed by atoms with Gasteiger partial charge in [-0.25, -0.2) is 4.79 Å². The van der Waals surface area contributed by atoms with Crippen molar-refractivity contribution in [3.05, 3.63) is 35.9 Å². The fourth-order valence-corrected chi connectivity index (χ4v) is 4.49. The molecule has 1 unspecified atom stereocenters. The molecule has 0 aliphatic carbocycles. The summed E-state index contributed by atoms with van der Waals surface area (Å²) < 4.78 is 31.7. The molecule has 0 bridgehead atoms. The molecule has 5 N–H and O–H groups in total. The molecule has 2 saturated heterocycles. The van der Waals surface area contributed by atoms with Crippen LogP contribution in [0.5, 0.6) is 0 Å². The summed E-state index contributed by atoms with van der Waals surface area (Å²) in [5, 5.41) is 25.1. The van der Waals surface area contributed by atoms with Crippen LogP contribution in [0.1, 0.15) is 55.3 Å². The minimum Gasteiger partial charge on any atom is -0.481 e. The molecule has 2 atom stereocenters. The number of likely N-dealkylation sites (tertiary alicyclic amines) is 1. The van der Waals surface area contributed by atoms with E-state index in [1.807, 2.05) is 0 Å². The van der Waals surface area contributed by atoms with Crippen LogP contribution in [-0.4, -0.2) is 89.2 Å². The molecular weight excluding hydrogens is 537 g/mol. The van der Waals surface area contributed by atoms with Crippen LogP contribution in [0.3, 0.4) is 0 Å². The third kappa shape index (κ3) is 11.6. The number of nitrogens with one attached hydrogen (secondary N) is 3. The summed E-state index contributed by atoms with van der Waals surface area (Å²) in [7, 11) is 0. The highest BCUT2D eigenvalue weighted by Crippen LogP contribution is 2.20. The minimum absolute atomic E-state index is 0.104. The number of carbonyl (C=O) groups excluding carboxylic acids is 3. The average Bonchev–Trinajstić information content (AvgIpc) is 2.92. The van der Waals surface area contributed by atoms with Crippen molar-refractivity contribution in [2.75, 3.05) is 26.2 Å². The topological polar surface area (TPSA) is 165 Å². The van der Waals surface area contributed by atoms with Crippen LogP contribution in [0, 0.1) is 5.92 Å². The first-order valence-corrected chi connectivity index (χ1v) is 13.0. The van der Waals surface area contributed by atoms with Gasteiger partial charge in [0.2, 0.25) is 11.8 Å². The Kier molecular flexibility index (Phi) is 12.8. The van der Waals surface area contributed by atoms with E-state index in [0.29, 0.717) is 37.4 Å². The molecule has 2 fully saturated rings. The number of hydrogen-bond acceptors (Lipinski definition) is 6. The second-order valence-electron chi connectivity index (χ2n) is 9.71. The van der Waals surface area contributed by atoms with Gasteiger partial charge in [-0.3, -0.25) is 19.2 Å². The Balaban J connectivity index is 0.000000708. The standard InChI is InChI=1S/C24H34N4O5.C2HF3O2/c29-21(9-8-17-10-12-25-13-11-17)28-14-4-7-19(16-28)26-24(33)20(15-22(30)31)27-23(32)18-5-2-1-3-6-18;3-2(4,5)1(6)7/h1-3,5-6,17,19-20,25H,4,7-16H2,(H,26,33)(H,27,32)(H,30,31);(H,6,7)/t19?,20-;/m0./s1. The van der Waals surface area contributed by atoms with Gasteiger partial charge in [-0.05, 0) is 63.2 Å². The second kappa shape index (κ2) is 15.8. The summed E-state index contributed by atoms with van der Waals surface area (Å²) >= 11 is 0. The molecule has 222 valence electrons. The SMILES string of the molecule is O=C(O)C(F)(F)F.O=C(O)C[C@H](NC(=O)c1ccccc1)C(=O)NC1CCCN(C(=O)CCC2CCNCC2)C1. The summed E-state index contributed by atoms with van der Waals surface area (Å²) in [5.74, 6) is -4.30. The van der Waals surface area contributed by atoms with E-state index in [1.54, 1.807) is 35.2 Å². The van der Waals surface area contributed by atoms with E-state index in [2.05, 4.69) is 16.0 Å². The fraction of sp³-hybridized carbons (Fsp3) is 0.577. The first-order valence-electron chi connectivity index (χ1n) is 13.0. The van der Waals surface area contributed by atoms with Crippen molar-refractivity contribution in [3.8, 4) is 0 Å². The maximum atomic E-state index is 12.8. The summed E-state index contributed by atoms with van der Waals surface area (Å²) in [5.41, 5.74) is 0.351. The van der Waals surface area contributed by atoms with Gasteiger partial charge in [0, 0.05) is 31.1 Å². The molecule has 11 nitrogen and oxygen atoms in total. The van der Waals surface area contributed by atoms with E-state index < -0.39 is 42.4 Å². The maximum Gasteiger partial charge on any atom is 0.490 e. The number of piperidine rings is 2. The predicted octanol–water partition coefficient (Wildman–Crippen LogP) is 1.78. The molecule has 0 radical (unpaired) electrons. The fourth-order valence-electron chi connectivity index (χ4n) is 4.49. The summed E-state index contributed by atoms with van der Waals surface area (Å²) in [6.07, 6.45) is -0.520. The molecule has 0 aromatic heterocycles. The Labute approximate surface area is 229 Å². The number of rotatable bonds is 9. The zero-order chi connectivity index (χ0) is 29.7. The number of aliphatic carboxylic acids is 2. The van der Waals surface area contributed by atoms with Gasteiger partial charge >= 0.3 is 18.1 Å². The molecule has 1 aromatic rings. The van der Waals surface area contributed by atoms with Crippen LogP contribution in [0.2, 0.25) is 0 Å². The van der Waals surface area contributed by atoms with Gasteiger partial charge < -0.3 is 31.1 Å². The monoisotopic (exact) mass is 572 g/mol. The van der Waals surface area contributed by atoms with E-state index in [4.69, 9.17) is 9.90 Å². The quantitative estimate of drug-likeness (QED) is 0.299. The molecule has 14 heteroatoms. The van der Waals surface area contributed by atoms with Crippen LogP contribution in [0.4, 0.5) is 13.2 Å². The molecule has 0 saturated carbocycles. The number of carbonyl (C=O) groups is 5. The minimum atomic E-state index is -5.08. The molecule has 0 spiro atoms. The number of hydrogen-bond donors (Lipinski definition) is 5. The summed E-state index contributed by atoms with van der Waals surface area (Å²) in [6, 6.07) is 6.89. The van der Waals surface area contributed by atoms with Crippen molar-refractivity contribution >= 4 is 29.7 Å². The van der Waals surface area contributed by atoms with Crippen LogP contribution >= 0.6 is 0 Å². The number of benzene rings is 1. The van der Waals surface area contributed by atoms with Crippen molar-refractivity contribution in [2.45, 2.75) is 63.2 Å². The van der Waals surface area contributed by atoms with Crippen LogP contribution in [-0.2, 0) is 19.2 Å². The molecule has 2 aliphatic heterocycles. The van der Waals surface area contributed by atoms with E-state index in [1.165, 1.54) is 0 Å². The lowest BCUT2D eigenvalue weighted by molar-refractivity contribution is -0.192. The number of alkyl halides is 3. The summed E-state index contributed by atoms with van der Waals surface area (Å²) in [6.45, 7) is 3.09.